The maximum atomic E-state index is 10.1. The Hall–Kier alpha value is -1.98. The van der Waals surface area contributed by atoms with Gasteiger partial charge in [0.15, 0.2) is 0 Å². The third-order valence-electron chi connectivity index (χ3n) is 5.52. The van der Waals surface area contributed by atoms with Gasteiger partial charge in [-0.3, -0.25) is 9.79 Å². The van der Waals surface area contributed by atoms with Crippen molar-refractivity contribution >= 4 is 28.1 Å². The van der Waals surface area contributed by atoms with Crippen molar-refractivity contribution in [2.45, 2.75) is 72.3 Å². The topological polar surface area (TPSA) is 41.9 Å². The Balaban J connectivity index is 0.000000762. The maximum absolute atomic E-state index is 10.1. The second kappa shape index (κ2) is 21.3. The van der Waals surface area contributed by atoms with Gasteiger partial charge in [-0.2, -0.15) is 0 Å². The summed E-state index contributed by atoms with van der Waals surface area (Å²) >= 11 is 2.94. The van der Waals surface area contributed by atoms with Crippen molar-refractivity contribution in [3.05, 3.63) is 71.3 Å². The first kappa shape index (κ1) is 31.1. The van der Waals surface area contributed by atoms with Crippen LogP contribution in [0.15, 0.2) is 59.6 Å². The van der Waals surface area contributed by atoms with Crippen LogP contribution >= 0.6 is 15.9 Å². The lowest BCUT2D eigenvalue weighted by Crippen LogP contribution is -2.26. The summed E-state index contributed by atoms with van der Waals surface area (Å²) in [4.78, 5) is 17.3. The van der Waals surface area contributed by atoms with Gasteiger partial charge in [-0.05, 0) is 75.4 Å². The zero-order valence-electron chi connectivity index (χ0n) is 22.1. The number of carbonyl (C=O) groups excluding carboxylic acids is 1. The lowest BCUT2D eigenvalue weighted by atomic mass is 10.0. The van der Waals surface area contributed by atoms with Crippen LogP contribution < -0.4 is 0 Å². The molecule has 0 saturated carbocycles. The zero-order valence-corrected chi connectivity index (χ0v) is 23.6. The smallest absolute Gasteiger partial charge is 0.316 e. The molecule has 35 heavy (non-hydrogen) atoms. The number of aryl methyl sites for hydroxylation is 1. The fraction of sp³-hybridized carbons (Fsp3) is 0.533. The number of alkyl halides is 1. The molecule has 0 amide bonds. The number of nitrogens with zero attached hydrogens (tertiary/aromatic N) is 2. The third kappa shape index (κ3) is 16.3. The van der Waals surface area contributed by atoms with Gasteiger partial charge in [0.2, 0.25) is 0 Å². The summed E-state index contributed by atoms with van der Waals surface area (Å²) < 4.78 is 4.51. The van der Waals surface area contributed by atoms with E-state index in [-0.39, 0.29) is 5.97 Å². The molecular formula is C30H45BrN2O2. The minimum Gasteiger partial charge on any atom is -0.465 e. The molecule has 194 valence electrons. The van der Waals surface area contributed by atoms with E-state index in [1.54, 1.807) is 6.92 Å². The van der Waals surface area contributed by atoms with Crippen LogP contribution in [0.5, 0.6) is 0 Å². The predicted molar refractivity (Wildman–Crippen MR) is 154 cm³/mol. The fourth-order valence-electron chi connectivity index (χ4n) is 3.79. The van der Waals surface area contributed by atoms with E-state index in [1.807, 2.05) is 24.4 Å². The van der Waals surface area contributed by atoms with Crippen LogP contribution in [-0.4, -0.2) is 48.7 Å². The molecule has 0 spiro atoms. The first-order valence-corrected chi connectivity index (χ1v) is 14.3. The van der Waals surface area contributed by atoms with E-state index in [0.29, 0.717) is 11.9 Å². The van der Waals surface area contributed by atoms with Gasteiger partial charge in [0.1, 0.15) is 5.33 Å². The van der Waals surface area contributed by atoms with Gasteiger partial charge >= 0.3 is 5.97 Å². The number of unbranched alkanes of at least 4 members (excludes halogenated alkanes) is 3. The number of esters is 1. The van der Waals surface area contributed by atoms with Crippen molar-refractivity contribution in [3.63, 3.8) is 0 Å². The molecule has 2 aromatic rings. The first-order valence-electron chi connectivity index (χ1n) is 13.2. The Bertz CT molecular complexity index is 788. The number of halogens is 1. The molecule has 0 aromatic heterocycles. The molecule has 0 aliphatic heterocycles. The monoisotopic (exact) mass is 544 g/mol. The summed E-state index contributed by atoms with van der Waals surface area (Å²) in [5.41, 5.74) is 3.89. The van der Waals surface area contributed by atoms with Crippen LogP contribution in [0.3, 0.4) is 0 Å². The normalized spacial score (nSPS) is 10.9. The first-order chi connectivity index (χ1) is 17.1. The lowest BCUT2D eigenvalue weighted by molar-refractivity contribution is -0.139. The Morgan fingerprint density at radius 2 is 1.49 bits per heavy atom. The van der Waals surface area contributed by atoms with E-state index >= 15 is 0 Å². The van der Waals surface area contributed by atoms with E-state index in [2.05, 4.69) is 80.8 Å². The molecule has 0 N–H and O–H groups in total. The predicted octanol–water partition coefficient (Wildman–Crippen LogP) is 7.48. The van der Waals surface area contributed by atoms with Crippen molar-refractivity contribution in [1.82, 2.24) is 4.90 Å². The summed E-state index contributed by atoms with van der Waals surface area (Å²) in [6, 6.07) is 19.3. The van der Waals surface area contributed by atoms with Crippen molar-refractivity contribution in [1.29, 1.82) is 0 Å². The van der Waals surface area contributed by atoms with Crippen LogP contribution in [0.2, 0.25) is 0 Å². The molecule has 0 heterocycles. The third-order valence-corrected chi connectivity index (χ3v) is 5.98. The van der Waals surface area contributed by atoms with Gasteiger partial charge in [0.05, 0.1) is 13.2 Å². The van der Waals surface area contributed by atoms with Crippen LogP contribution in [0.1, 0.15) is 76.0 Å². The van der Waals surface area contributed by atoms with E-state index in [1.165, 1.54) is 75.7 Å². The number of hydrogen-bond donors (Lipinski definition) is 0. The number of hydrogen-bond acceptors (Lipinski definition) is 4. The molecule has 2 aromatic carbocycles. The molecule has 5 heteroatoms. The summed E-state index contributed by atoms with van der Waals surface area (Å²) in [5, 5.41) is 0.292. The largest absolute Gasteiger partial charge is 0.465 e. The van der Waals surface area contributed by atoms with Crippen molar-refractivity contribution in [3.8, 4) is 0 Å². The maximum Gasteiger partial charge on any atom is 0.316 e. The molecule has 0 saturated heterocycles. The molecular weight excluding hydrogens is 500 g/mol. The molecule has 0 aliphatic carbocycles. The average Bonchev–Trinajstić information content (AvgIpc) is 2.88. The minimum absolute atomic E-state index is 0.206. The van der Waals surface area contributed by atoms with Crippen molar-refractivity contribution in [2.24, 2.45) is 4.99 Å². The molecule has 0 unspecified atom stereocenters. The molecule has 4 nitrogen and oxygen atoms in total. The molecule has 2 rings (SSSR count). The Labute approximate surface area is 222 Å². The van der Waals surface area contributed by atoms with E-state index in [0.717, 1.165) is 12.1 Å². The fourth-order valence-corrected chi connectivity index (χ4v) is 3.95. The Morgan fingerprint density at radius 1 is 0.857 bits per heavy atom. The number of carbonyl (C=O) groups is 1. The Kier molecular flexibility index (Phi) is 18.9. The number of ether oxygens (including phenoxy) is 1. The standard InChI is InChI=1S/C26H38N2.C4H7BrO2/c1-3-19-28(20-4-2)21-11-6-5-8-12-24-15-17-26(18-16-24)23-27-22-25-13-9-7-10-14-25;1-2-7-4(6)3-5/h7,9-10,13-18,22H,3-6,8,11-12,19-21,23H2,1-2H3;2-3H2,1H3. The SMILES string of the molecule is CCCN(CCC)CCCCCCc1ccc(CN=Cc2ccccc2)cc1.CCOC(=O)CBr. The quantitative estimate of drug-likeness (QED) is 0.0951. The van der Waals surface area contributed by atoms with Crippen LogP contribution in [0, 0.1) is 0 Å². The summed E-state index contributed by atoms with van der Waals surface area (Å²) in [6.45, 7) is 11.4. The lowest BCUT2D eigenvalue weighted by Gasteiger charge is -2.20. The van der Waals surface area contributed by atoms with Gasteiger partial charge in [0, 0.05) is 6.21 Å². The van der Waals surface area contributed by atoms with Crippen LogP contribution in [0.4, 0.5) is 0 Å². The summed E-state index contributed by atoms with van der Waals surface area (Å²) in [7, 11) is 0. The van der Waals surface area contributed by atoms with E-state index in [4.69, 9.17) is 0 Å². The molecule has 0 aliphatic rings. The second-order valence-corrected chi connectivity index (χ2v) is 9.20. The molecule has 0 bridgehead atoms. The highest BCUT2D eigenvalue weighted by molar-refractivity contribution is 9.09. The van der Waals surface area contributed by atoms with Crippen LogP contribution in [-0.2, 0) is 22.5 Å². The molecule has 0 radical (unpaired) electrons. The van der Waals surface area contributed by atoms with Gasteiger partial charge in [0.25, 0.3) is 0 Å². The number of aliphatic imine (C=N–C) groups is 1. The highest BCUT2D eigenvalue weighted by Crippen LogP contribution is 2.11. The van der Waals surface area contributed by atoms with Crippen molar-refractivity contribution < 1.29 is 9.53 Å². The zero-order chi connectivity index (χ0) is 25.6. The molecule has 0 atom stereocenters. The van der Waals surface area contributed by atoms with Crippen LogP contribution in [0.25, 0.3) is 0 Å². The highest BCUT2D eigenvalue weighted by atomic mass is 79.9. The van der Waals surface area contributed by atoms with Gasteiger partial charge in [-0.25, -0.2) is 0 Å². The van der Waals surface area contributed by atoms with Gasteiger partial charge in [-0.1, -0.05) is 97.2 Å². The van der Waals surface area contributed by atoms with E-state index in [9.17, 15) is 4.79 Å². The van der Waals surface area contributed by atoms with Crippen molar-refractivity contribution in [2.75, 3.05) is 31.6 Å². The van der Waals surface area contributed by atoms with Gasteiger partial charge < -0.3 is 9.64 Å². The molecule has 0 fully saturated rings. The number of rotatable bonds is 16. The second-order valence-electron chi connectivity index (χ2n) is 8.64. The van der Waals surface area contributed by atoms with E-state index < -0.39 is 0 Å². The highest BCUT2D eigenvalue weighted by Gasteiger charge is 2.02. The minimum atomic E-state index is -0.206. The van der Waals surface area contributed by atoms with Gasteiger partial charge in [-0.15, -0.1) is 0 Å². The average molecular weight is 546 g/mol. The summed E-state index contributed by atoms with van der Waals surface area (Å²) in [6.07, 6.45) is 11.0. The number of benzene rings is 2. The Morgan fingerprint density at radius 3 is 2.06 bits per heavy atom. The summed E-state index contributed by atoms with van der Waals surface area (Å²) in [5.74, 6) is -0.206.